The third-order valence-electron chi connectivity index (χ3n) is 2.21. The predicted molar refractivity (Wildman–Crippen MR) is 45.8 cm³/mol. The summed E-state index contributed by atoms with van der Waals surface area (Å²) in [5, 5.41) is 12.9. The van der Waals surface area contributed by atoms with Gasteiger partial charge in [0.05, 0.1) is 6.20 Å². The molecule has 0 aliphatic carbocycles. The van der Waals surface area contributed by atoms with E-state index in [0.29, 0.717) is 5.69 Å². The lowest BCUT2D eigenvalue weighted by Gasteiger charge is -2.23. The van der Waals surface area contributed by atoms with Gasteiger partial charge in [-0.3, -0.25) is 0 Å². The highest BCUT2D eigenvalue weighted by atomic mass is 16.5. The fourth-order valence-electron chi connectivity index (χ4n) is 1.55. The van der Waals surface area contributed by atoms with Crippen molar-refractivity contribution < 1.29 is 4.74 Å². The van der Waals surface area contributed by atoms with E-state index >= 15 is 0 Å². The van der Waals surface area contributed by atoms with Crippen LogP contribution in [0.4, 0.5) is 0 Å². The van der Waals surface area contributed by atoms with Crippen molar-refractivity contribution in [3.05, 3.63) is 18.0 Å². The zero-order chi connectivity index (χ0) is 9.10. The number of hydrogen-bond donors (Lipinski definition) is 0. The zero-order valence-electron chi connectivity index (χ0n) is 7.31. The predicted octanol–water partition coefficient (Wildman–Crippen LogP) is 1.45. The normalized spacial score (nSPS) is 22.5. The highest BCUT2D eigenvalue weighted by molar-refractivity contribution is 5.18. The van der Waals surface area contributed by atoms with Gasteiger partial charge in [-0.25, -0.2) is 4.68 Å². The van der Waals surface area contributed by atoms with E-state index < -0.39 is 0 Å². The first-order valence-corrected chi connectivity index (χ1v) is 4.47. The van der Waals surface area contributed by atoms with Gasteiger partial charge in [-0.2, -0.15) is 10.4 Å². The number of nitriles is 1. The lowest BCUT2D eigenvalue weighted by Crippen LogP contribution is -2.20. The molecule has 0 N–H and O–H groups in total. The number of nitrogens with zero attached hydrogens (tertiary/aromatic N) is 3. The summed E-state index contributed by atoms with van der Waals surface area (Å²) < 4.78 is 7.18. The molecule has 68 valence electrons. The molecule has 2 rings (SSSR count). The van der Waals surface area contributed by atoms with Gasteiger partial charge in [-0.1, -0.05) is 0 Å². The highest BCUT2D eigenvalue weighted by Crippen LogP contribution is 2.22. The largest absolute Gasteiger partial charge is 0.356 e. The first kappa shape index (κ1) is 8.27. The Kier molecular flexibility index (Phi) is 2.28. The van der Waals surface area contributed by atoms with Crippen molar-refractivity contribution in [2.45, 2.75) is 25.5 Å². The Morgan fingerprint density at radius 2 is 2.54 bits per heavy atom. The molecule has 0 saturated carbocycles. The fraction of sp³-hybridized carbons (Fsp3) is 0.556. The molecule has 0 radical (unpaired) electrons. The van der Waals surface area contributed by atoms with Gasteiger partial charge < -0.3 is 4.74 Å². The van der Waals surface area contributed by atoms with Crippen LogP contribution in [-0.2, 0) is 4.74 Å². The summed E-state index contributed by atoms with van der Waals surface area (Å²) in [7, 11) is 0. The van der Waals surface area contributed by atoms with Crippen LogP contribution in [-0.4, -0.2) is 16.4 Å². The number of aromatic nitrogens is 2. The summed E-state index contributed by atoms with van der Waals surface area (Å²) in [5.74, 6) is 0. The fourth-order valence-corrected chi connectivity index (χ4v) is 1.55. The summed E-state index contributed by atoms with van der Waals surface area (Å²) in [4.78, 5) is 0. The van der Waals surface area contributed by atoms with E-state index in [2.05, 4.69) is 11.2 Å². The van der Waals surface area contributed by atoms with E-state index in [4.69, 9.17) is 10.00 Å². The molecular formula is C9H11N3O. The maximum Gasteiger partial charge on any atom is 0.151 e. The van der Waals surface area contributed by atoms with Crippen LogP contribution in [0.15, 0.2) is 12.3 Å². The van der Waals surface area contributed by atoms with Crippen LogP contribution in [0, 0.1) is 11.3 Å². The van der Waals surface area contributed by atoms with Gasteiger partial charge in [0, 0.05) is 6.61 Å². The van der Waals surface area contributed by atoms with Gasteiger partial charge in [0.2, 0.25) is 0 Å². The Bertz CT molecular complexity index is 320. The molecule has 1 aromatic heterocycles. The van der Waals surface area contributed by atoms with Gasteiger partial charge in [0.1, 0.15) is 11.8 Å². The number of rotatable bonds is 1. The molecule has 1 aromatic rings. The third-order valence-corrected chi connectivity index (χ3v) is 2.21. The monoisotopic (exact) mass is 177 g/mol. The second-order valence-corrected chi connectivity index (χ2v) is 3.09. The molecule has 0 amide bonds. The molecular weight excluding hydrogens is 166 g/mol. The van der Waals surface area contributed by atoms with Crippen molar-refractivity contribution in [1.29, 1.82) is 5.26 Å². The molecule has 1 atom stereocenters. The average Bonchev–Trinajstić information content (AvgIpc) is 2.67. The van der Waals surface area contributed by atoms with Gasteiger partial charge >= 0.3 is 0 Å². The van der Waals surface area contributed by atoms with Crippen molar-refractivity contribution in [1.82, 2.24) is 9.78 Å². The number of ether oxygens (including phenoxy) is 1. The highest BCUT2D eigenvalue weighted by Gasteiger charge is 2.18. The summed E-state index contributed by atoms with van der Waals surface area (Å²) in [6.45, 7) is 0.773. The minimum Gasteiger partial charge on any atom is -0.356 e. The van der Waals surface area contributed by atoms with Crippen molar-refractivity contribution >= 4 is 0 Å². The van der Waals surface area contributed by atoms with E-state index in [-0.39, 0.29) is 6.23 Å². The third kappa shape index (κ3) is 1.56. The molecule has 1 unspecified atom stereocenters. The van der Waals surface area contributed by atoms with Crippen LogP contribution in [0.25, 0.3) is 0 Å². The molecule has 1 saturated heterocycles. The summed E-state index contributed by atoms with van der Waals surface area (Å²) in [5.41, 5.74) is 0.576. The second-order valence-electron chi connectivity index (χ2n) is 3.09. The van der Waals surface area contributed by atoms with Crippen LogP contribution in [0.3, 0.4) is 0 Å². The Labute approximate surface area is 76.7 Å². The van der Waals surface area contributed by atoms with Crippen molar-refractivity contribution in [2.75, 3.05) is 6.61 Å². The molecule has 1 fully saturated rings. The van der Waals surface area contributed by atoms with Crippen molar-refractivity contribution in [2.24, 2.45) is 0 Å². The van der Waals surface area contributed by atoms with E-state index in [9.17, 15) is 0 Å². The first-order valence-electron chi connectivity index (χ1n) is 4.47. The quantitative estimate of drug-likeness (QED) is 0.652. The molecule has 4 nitrogen and oxygen atoms in total. The summed E-state index contributed by atoms with van der Waals surface area (Å²) >= 11 is 0. The second kappa shape index (κ2) is 3.58. The molecule has 0 bridgehead atoms. The van der Waals surface area contributed by atoms with Crippen LogP contribution in [0.5, 0.6) is 0 Å². The topological polar surface area (TPSA) is 50.8 Å². The molecule has 13 heavy (non-hydrogen) atoms. The van der Waals surface area contributed by atoms with Crippen molar-refractivity contribution in [3.63, 3.8) is 0 Å². The summed E-state index contributed by atoms with van der Waals surface area (Å²) in [6, 6.07) is 3.80. The number of hydrogen-bond acceptors (Lipinski definition) is 3. The average molecular weight is 177 g/mol. The molecule has 1 aliphatic heterocycles. The van der Waals surface area contributed by atoms with Gasteiger partial charge in [-0.15, -0.1) is 0 Å². The zero-order valence-corrected chi connectivity index (χ0v) is 7.31. The summed E-state index contributed by atoms with van der Waals surface area (Å²) in [6.07, 6.45) is 4.82. The van der Waals surface area contributed by atoms with Crippen LogP contribution in [0.2, 0.25) is 0 Å². The molecule has 0 aromatic carbocycles. The lowest BCUT2D eigenvalue weighted by atomic mass is 10.2. The SMILES string of the molecule is N#Cc1ccnn1C1CCCCO1. The minimum absolute atomic E-state index is 0.0293. The standard InChI is InChI=1S/C9H11N3O/c10-7-8-4-5-11-12(8)9-3-1-2-6-13-9/h4-5,9H,1-3,6H2. The van der Waals surface area contributed by atoms with E-state index in [1.807, 2.05) is 0 Å². The van der Waals surface area contributed by atoms with E-state index in [1.54, 1.807) is 16.9 Å². The van der Waals surface area contributed by atoms with E-state index in [1.165, 1.54) is 0 Å². The Morgan fingerprint density at radius 3 is 3.23 bits per heavy atom. The Balaban J connectivity index is 2.19. The van der Waals surface area contributed by atoms with Crippen LogP contribution < -0.4 is 0 Å². The molecule has 1 aliphatic rings. The maximum absolute atomic E-state index is 8.77. The minimum atomic E-state index is -0.0293. The van der Waals surface area contributed by atoms with Gasteiger partial charge in [0.25, 0.3) is 0 Å². The smallest absolute Gasteiger partial charge is 0.151 e. The van der Waals surface area contributed by atoms with Crippen LogP contribution >= 0.6 is 0 Å². The Hall–Kier alpha value is -1.34. The Morgan fingerprint density at radius 1 is 1.62 bits per heavy atom. The van der Waals surface area contributed by atoms with Crippen LogP contribution in [0.1, 0.15) is 31.2 Å². The van der Waals surface area contributed by atoms with Crippen molar-refractivity contribution in [3.8, 4) is 6.07 Å². The van der Waals surface area contributed by atoms with Gasteiger partial charge in [0.15, 0.2) is 6.23 Å². The van der Waals surface area contributed by atoms with E-state index in [0.717, 1.165) is 25.9 Å². The maximum atomic E-state index is 8.77. The molecule has 4 heteroatoms. The first-order chi connectivity index (χ1) is 6.42. The van der Waals surface area contributed by atoms with Gasteiger partial charge in [-0.05, 0) is 25.3 Å². The molecule has 2 heterocycles. The molecule has 0 spiro atoms. The lowest BCUT2D eigenvalue weighted by molar-refractivity contribution is -0.0399.